The standard InChI is InChI=1S/C11H21N3O/c12-6-11(15)14-5-1-2-10(8-14)13-7-9-3-4-9/h9-10,13H,1-8,12H2/t10-/m0/s1. The number of hydrogen-bond acceptors (Lipinski definition) is 3. The van der Waals surface area contributed by atoms with E-state index in [1.165, 1.54) is 19.3 Å². The van der Waals surface area contributed by atoms with E-state index in [0.717, 1.165) is 32.0 Å². The number of nitrogens with one attached hydrogen (secondary N) is 1. The van der Waals surface area contributed by atoms with Crippen molar-refractivity contribution in [2.45, 2.75) is 31.7 Å². The Bertz CT molecular complexity index is 228. The molecule has 1 saturated carbocycles. The lowest BCUT2D eigenvalue weighted by Gasteiger charge is -2.33. The number of nitrogens with zero attached hydrogens (tertiary/aromatic N) is 1. The number of piperidine rings is 1. The van der Waals surface area contributed by atoms with Crippen LogP contribution in [0.3, 0.4) is 0 Å². The molecule has 86 valence electrons. The fourth-order valence-electron chi connectivity index (χ4n) is 2.15. The van der Waals surface area contributed by atoms with Gasteiger partial charge in [0.1, 0.15) is 0 Å². The van der Waals surface area contributed by atoms with Gasteiger partial charge in [-0.15, -0.1) is 0 Å². The molecule has 3 N–H and O–H groups in total. The zero-order chi connectivity index (χ0) is 10.7. The lowest BCUT2D eigenvalue weighted by molar-refractivity contribution is -0.131. The van der Waals surface area contributed by atoms with E-state index in [4.69, 9.17) is 5.73 Å². The maximum absolute atomic E-state index is 11.4. The highest BCUT2D eigenvalue weighted by molar-refractivity contribution is 5.78. The molecule has 2 aliphatic rings. The number of rotatable bonds is 4. The van der Waals surface area contributed by atoms with E-state index in [1.54, 1.807) is 0 Å². The molecule has 4 heteroatoms. The number of hydrogen-bond donors (Lipinski definition) is 2. The molecule has 15 heavy (non-hydrogen) atoms. The molecule has 4 nitrogen and oxygen atoms in total. The Balaban J connectivity index is 1.72. The van der Waals surface area contributed by atoms with Gasteiger partial charge in [-0.05, 0) is 38.1 Å². The summed E-state index contributed by atoms with van der Waals surface area (Å²) in [4.78, 5) is 13.3. The van der Waals surface area contributed by atoms with Crippen LogP contribution in [0.25, 0.3) is 0 Å². The number of carbonyl (C=O) groups excluding carboxylic acids is 1. The molecular weight excluding hydrogens is 190 g/mol. The predicted molar refractivity (Wildman–Crippen MR) is 59.4 cm³/mol. The first-order valence-electron chi connectivity index (χ1n) is 6.01. The molecule has 2 rings (SSSR count). The van der Waals surface area contributed by atoms with E-state index < -0.39 is 0 Å². The van der Waals surface area contributed by atoms with Crippen LogP contribution in [0.5, 0.6) is 0 Å². The third kappa shape index (κ3) is 3.18. The summed E-state index contributed by atoms with van der Waals surface area (Å²) < 4.78 is 0. The monoisotopic (exact) mass is 211 g/mol. The van der Waals surface area contributed by atoms with Crippen molar-refractivity contribution < 1.29 is 4.79 Å². The fourth-order valence-corrected chi connectivity index (χ4v) is 2.15. The average molecular weight is 211 g/mol. The van der Waals surface area contributed by atoms with Crippen LogP contribution >= 0.6 is 0 Å². The summed E-state index contributed by atoms with van der Waals surface area (Å²) in [6.45, 7) is 3.02. The Labute approximate surface area is 91.2 Å². The first kappa shape index (κ1) is 10.9. The van der Waals surface area contributed by atoms with Crippen molar-refractivity contribution in [3.05, 3.63) is 0 Å². The van der Waals surface area contributed by atoms with Gasteiger partial charge in [0.25, 0.3) is 0 Å². The lowest BCUT2D eigenvalue weighted by Crippen LogP contribution is -2.49. The molecule has 2 fully saturated rings. The summed E-state index contributed by atoms with van der Waals surface area (Å²) >= 11 is 0. The van der Waals surface area contributed by atoms with Gasteiger partial charge in [0, 0.05) is 19.1 Å². The highest BCUT2D eigenvalue weighted by Gasteiger charge is 2.25. The van der Waals surface area contributed by atoms with Crippen LogP contribution in [0.1, 0.15) is 25.7 Å². The Morgan fingerprint density at radius 2 is 2.20 bits per heavy atom. The van der Waals surface area contributed by atoms with Gasteiger partial charge in [-0.1, -0.05) is 0 Å². The van der Waals surface area contributed by atoms with E-state index in [0.29, 0.717) is 6.04 Å². The van der Waals surface area contributed by atoms with Gasteiger partial charge in [0.05, 0.1) is 6.54 Å². The Hall–Kier alpha value is -0.610. The Kier molecular flexibility index (Phi) is 3.59. The van der Waals surface area contributed by atoms with E-state index in [-0.39, 0.29) is 12.5 Å². The van der Waals surface area contributed by atoms with E-state index in [1.807, 2.05) is 4.90 Å². The quantitative estimate of drug-likeness (QED) is 0.684. The second-order valence-corrected chi connectivity index (χ2v) is 4.73. The molecule has 0 aromatic carbocycles. The second-order valence-electron chi connectivity index (χ2n) is 4.73. The van der Waals surface area contributed by atoms with Crippen LogP contribution in [0.2, 0.25) is 0 Å². The van der Waals surface area contributed by atoms with Crippen LogP contribution in [-0.2, 0) is 4.79 Å². The van der Waals surface area contributed by atoms with Gasteiger partial charge in [0.15, 0.2) is 0 Å². The molecular formula is C11H21N3O. The molecule has 0 radical (unpaired) electrons. The minimum Gasteiger partial charge on any atom is -0.340 e. The summed E-state index contributed by atoms with van der Waals surface area (Å²) in [6.07, 6.45) is 5.06. The van der Waals surface area contributed by atoms with Crippen LogP contribution in [0, 0.1) is 5.92 Å². The predicted octanol–water partition coefficient (Wildman–Crippen LogP) is -0.0643. The molecule has 0 aromatic rings. The summed E-state index contributed by atoms with van der Waals surface area (Å²) in [7, 11) is 0. The summed E-state index contributed by atoms with van der Waals surface area (Å²) in [6, 6.07) is 0.495. The van der Waals surface area contributed by atoms with Crippen LogP contribution in [0.4, 0.5) is 0 Å². The highest BCUT2D eigenvalue weighted by atomic mass is 16.2. The third-order valence-corrected chi connectivity index (χ3v) is 3.34. The Morgan fingerprint density at radius 1 is 1.40 bits per heavy atom. The van der Waals surface area contributed by atoms with Crippen molar-refractivity contribution in [2.75, 3.05) is 26.2 Å². The molecule has 1 amide bonds. The Morgan fingerprint density at radius 3 is 2.87 bits per heavy atom. The minimum atomic E-state index is 0.0907. The molecule has 1 heterocycles. The van der Waals surface area contributed by atoms with Crippen molar-refractivity contribution >= 4 is 5.91 Å². The van der Waals surface area contributed by atoms with Gasteiger partial charge in [0.2, 0.25) is 5.91 Å². The maximum Gasteiger partial charge on any atom is 0.236 e. The highest BCUT2D eigenvalue weighted by Crippen LogP contribution is 2.28. The maximum atomic E-state index is 11.4. The SMILES string of the molecule is NCC(=O)N1CCC[C@H](NCC2CC2)C1. The topological polar surface area (TPSA) is 58.4 Å². The summed E-state index contributed by atoms with van der Waals surface area (Å²) in [5.41, 5.74) is 5.37. The van der Waals surface area contributed by atoms with Gasteiger partial charge >= 0.3 is 0 Å². The molecule has 0 bridgehead atoms. The zero-order valence-electron chi connectivity index (χ0n) is 9.24. The summed E-state index contributed by atoms with van der Waals surface area (Å²) in [5.74, 6) is 0.999. The zero-order valence-corrected chi connectivity index (χ0v) is 9.24. The largest absolute Gasteiger partial charge is 0.340 e. The third-order valence-electron chi connectivity index (χ3n) is 3.34. The number of amides is 1. The summed E-state index contributed by atoms with van der Waals surface area (Å²) in [5, 5.41) is 3.56. The van der Waals surface area contributed by atoms with Crippen molar-refractivity contribution in [2.24, 2.45) is 11.7 Å². The van der Waals surface area contributed by atoms with Crippen molar-refractivity contribution in [3.63, 3.8) is 0 Å². The van der Waals surface area contributed by atoms with E-state index >= 15 is 0 Å². The van der Waals surface area contributed by atoms with Crippen molar-refractivity contribution in [1.29, 1.82) is 0 Å². The van der Waals surface area contributed by atoms with Gasteiger partial charge in [-0.25, -0.2) is 0 Å². The average Bonchev–Trinajstić information content (AvgIpc) is 3.09. The number of likely N-dealkylation sites (tertiary alicyclic amines) is 1. The van der Waals surface area contributed by atoms with E-state index in [2.05, 4.69) is 5.32 Å². The van der Waals surface area contributed by atoms with E-state index in [9.17, 15) is 4.79 Å². The number of carbonyl (C=O) groups is 1. The van der Waals surface area contributed by atoms with Crippen molar-refractivity contribution in [1.82, 2.24) is 10.2 Å². The van der Waals surface area contributed by atoms with Gasteiger partial charge < -0.3 is 16.0 Å². The van der Waals surface area contributed by atoms with Crippen LogP contribution < -0.4 is 11.1 Å². The lowest BCUT2D eigenvalue weighted by atomic mass is 10.1. The molecule has 0 unspecified atom stereocenters. The fraction of sp³-hybridized carbons (Fsp3) is 0.909. The van der Waals surface area contributed by atoms with Gasteiger partial charge in [-0.3, -0.25) is 4.79 Å². The van der Waals surface area contributed by atoms with Crippen LogP contribution in [-0.4, -0.2) is 43.0 Å². The molecule has 1 aliphatic heterocycles. The first-order chi connectivity index (χ1) is 7.29. The molecule has 0 spiro atoms. The molecule has 1 atom stereocenters. The normalized spacial score (nSPS) is 26.7. The molecule has 0 aromatic heterocycles. The second kappa shape index (κ2) is 4.94. The van der Waals surface area contributed by atoms with Crippen LogP contribution in [0.15, 0.2) is 0 Å². The smallest absolute Gasteiger partial charge is 0.236 e. The molecule has 1 aliphatic carbocycles. The van der Waals surface area contributed by atoms with Gasteiger partial charge in [-0.2, -0.15) is 0 Å². The minimum absolute atomic E-state index is 0.0907. The molecule has 1 saturated heterocycles. The first-order valence-corrected chi connectivity index (χ1v) is 6.01. The number of nitrogens with two attached hydrogens (primary N) is 1. The van der Waals surface area contributed by atoms with Crippen molar-refractivity contribution in [3.8, 4) is 0 Å².